The molecule has 0 saturated carbocycles. The third-order valence-corrected chi connectivity index (χ3v) is 2.81. The zero-order chi connectivity index (χ0) is 14.1. The molecule has 0 aromatic heterocycles. The second kappa shape index (κ2) is 4.67. The van der Waals surface area contributed by atoms with E-state index in [0.717, 1.165) is 5.69 Å². The molecule has 0 fully saturated rings. The summed E-state index contributed by atoms with van der Waals surface area (Å²) in [6.45, 7) is 1.83. The fourth-order valence-corrected chi connectivity index (χ4v) is 1.83. The Morgan fingerprint density at radius 2 is 2.00 bits per heavy atom. The van der Waals surface area contributed by atoms with Gasteiger partial charge in [-0.15, -0.1) is 0 Å². The standard InChI is InChI=1S/C15H10FN3O/c1-10-8-13-14(18-10)17-9-19(15(13)20)7-6-11-2-4-12(16)5-3-11/h2-5,8-9,20H,1H3. The van der Waals surface area contributed by atoms with Gasteiger partial charge in [-0.05, 0) is 43.2 Å². The number of halogens is 1. The highest BCUT2D eigenvalue weighted by Gasteiger charge is 2.14. The fraction of sp³-hybridized carbons (Fsp3) is 0.0667. The third-order valence-electron chi connectivity index (χ3n) is 2.81. The number of aryl methyl sites for hydroxylation is 1. The van der Waals surface area contributed by atoms with Gasteiger partial charge in [0.2, 0.25) is 5.88 Å². The Morgan fingerprint density at radius 1 is 1.25 bits per heavy atom. The van der Waals surface area contributed by atoms with Gasteiger partial charge in [0, 0.05) is 17.3 Å². The van der Waals surface area contributed by atoms with Gasteiger partial charge in [-0.1, -0.05) is 0 Å². The van der Waals surface area contributed by atoms with Crippen LogP contribution in [-0.4, -0.2) is 19.6 Å². The first-order valence-electron chi connectivity index (χ1n) is 5.95. The molecule has 2 aliphatic heterocycles. The molecule has 2 aliphatic rings. The van der Waals surface area contributed by atoms with Gasteiger partial charge in [-0.3, -0.25) is 0 Å². The molecular formula is C15H10FN3O. The topological polar surface area (TPSA) is 50.9 Å². The van der Waals surface area contributed by atoms with Crippen molar-refractivity contribution < 1.29 is 9.50 Å². The number of hydrogen-bond donors (Lipinski definition) is 1. The van der Waals surface area contributed by atoms with E-state index in [2.05, 4.69) is 21.9 Å². The van der Waals surface area contributed by atoms with Gasteiger partial charge in [-0.25, -0.2) is 18.9 Å². The lowest BCUT2D eigenvalue weighted by Gasteiger charge is -2.04. The van der Waals surface area contributed by atoms with Crippen molar-refractivity contribution in [2.24, 2.45) is 0 Å². The largest absolute Gasteiger partial charge is 0.493 e. The van der Waals surface area contributed by atoms with Gasteiger partial charge in [0.05, 0.1) is 5.56 Å². The second-order valence-electron chi connectivity index (χ2n) is 4.32. The van der Waals surface area contributed by atoms with Crippen LogP contribution in [-0.2, 0) is 0 Å². The van der Waals surface area contributed by atoms with E-state index in [1.165, 1.54) is 23.0 Å². The molecule has 2 heterocycles. The van der Waals surface area contributed by atoms with Gasteiger partial charge < -0.3 is 5.11 Å². The molecule has 5 heteroatoms. The number of aromatic nitrogens is 3. The number of hydrogen-bond acceptors (Lipinski definition) is 3. The molecule has 0 atom stereocenters. The summed E-state index contributed by atoms with van der Waals surface area (Å²) < 4.78 is 14.1. The Balaban J connectivity index is 2.02. The van der Waals surface area contributed by atoms with Crippen molar-refractivity contribution in [2.75, 3.05) is 0 Å². The highest BCUT2D eigenvalue weighted by atomic mass is 19.1. The van der Waals surface area contributed by atoms with Crippen molar-refractivity contribution in [1.82, 2.24) is 14.5 Å². The van der Waals surface area contributed by atoms with Crippen LogP contribution in [0.3, 0.4) is 0 Å². The van der Waals surface area contributed by atoms with E-state index >= 15 is 0 Å². The molecular weight excluding hydrogens is 257 g/mol. The van der Waals surface area contributed by atoms with E-state index in [1.54, 1.807) is 18.2 Å². The first-order valence-corrected chi connectivity index (χ1v) is 5.95. The number of rotatable bonds is 0. The van der Waals surface area contributed by atoms with E-state index < -0.39 is 0 Å². The van der Waals surface area contributed by atoms with Gasteiger partial charge in [0.1, 0.15) is 12.1 Å². The van der Waals surface area contributed by atoms with Crippen LogP contribution in [0.4, 0.5) is 4.39 Å². The molecule has 3 rings (SSSR count). The summed E-state index contributed by atoms with van der Waals surface area (Å²) in [5.74, 6) is 2.99. The summed E-state index contributed by atoms with van der Waals surface area (Å²) in [6.07, 6.45) is 1.40. The van der Waals surface area contributed by atoms with E-state index in [9.17, 15) is 9.50 Å². The summed E-state index contributed by atoms with van der Waals surface area (Å²) in [4.78, 5) is 8.29. The summed E-state index contributed by atoms with van der Waals surface area (Å²) >= 11 is 0. The Labute approximate surface area is 114 Å². The van der Waals surface area contributed by atoms with Crippen molar-refractivity contribution in [3.63, 3.8) is 0 Å². The van der Waals surface area contributed by atoms with Crippen molar-refractivity contribution >= 4 is 0 Å². The predicted octanol–water partition coefficient (Wildman–Crippen LogP) is 2.39. The lowest BCUT2D eigenvalue weighted by molar-refractivity contribution is 0.440. The minimum atomic E-state index is -0.313. The summed E-state index contributed by atoms with van der Waals surface area (Å²) in [7, 11) is 0. The Kier molecular flexibility index (Phi) is 2.84. The molecule has 1 N–H and O–H groups in total. The summed E-state index contributed by atoms with van der Waals surface area (Å²) in [5, 5.41) is 10.1. The monoisotopic (exact) mass is 267 g/mol. The maximum absolute atomic E-state index is 12.8. The second-order valence-corrected chi connectivity index (χ2v) is 4.32. The average molecular weight is 267 g/mol. The van der Waals surface area contributed by atoms with Gasteiger partial charge in [-0.2, -0.15) is 0 Å². The number of fused-ring (bicyclic) bond motifs is 1. The first kappa shape index (κ1) is 12.2. The lowest BCUT2D eigenvalue weighted by atomic mass is 10.2. The van der Waals surface area contributed by atoms with Gasteiger partial charge in [0.15, 0.2) is 5.82 Å². The molecule has 0 radical (unpaired) electrons. The molecule has 0 saturated heterocycles. The van der Waals surface area contributed by atoms with Crippen LogP contribution in [0.5, 0.6) is 5.88 Å². The minimum Gasteiger partial charge on any atom is -0.493 e. The van der Waals surface area contributed by atoms with Gasteiger partial charge >= 0.3 is 0 Å². The maximum Gasteiger partial charge on any atom is 0.215 e. The van der Waals surface area contributed by atoms with Crippen LogP contribution >= 0.6 is 0 Å². The molecule has 20 heavy (non-hydrogen) atoms. The van der Waals surface area contributed by atoms with Crippen molar-refractivity contribution in [2.45, 2.75) is 6.92 Å². The number of benzene rings is 1. The molecule has 4 nitrogen and oxygen atoms in total. The maximum atomic E-state index is 12.8. The highest BCUT2D eigenvalue weighted by molar-refractivity contribution is 5.64. The van der Waals surface area contributed by atoms with E-state index in [1.807, 2.05) is 6.92 Å². The van der Waals surface area contributed by atoms with Crippen LogP contribution < -0.4 is 0 Å². The zero-order valence-corrected chi connectivity index (χ0v) is 10.6. The predicted molar refractivity (Wildman–Crippen MR) is 71.7 cm³/mol. The van der Waals surface area contributed by atoms with E-state index in [4.69, 9.17) is 0 Å². The fourth-order valence-electron chi connectivity index (χ4n) is 1.83. The van der Waals surface area contributed by atoms with Crippen molar-refractivity contribution in [3.05, 3.63) is 53.7 Å². The van der Waals surface area contributed by atoms with Crippen LogP contribution in [0.15, 0.2) is 36.7 Å². The molecule has 0 amide bonds. The molecule has 1 aromatic rings. The Hall–Kier alpha value is -2.87. The molecule has 0 aliphatic carbocycles. The van der Waals surface area contributed by atoms with Crippen molar-refractivity contribution in [3.8, 4) is 29.2 Å². The van der Waals surface area contributed by atoms with E-state index in [-0.39, 0.29) is 11.7 Å². The smallest absolute Gasteiger partial charge is 0.215 e. The van der Waals surface area contributed by atoms with Crippen LogP contribution in [0.1, 0.15) is 11.3 Å². The van der Waals surface area contributed by atoms with Crippen LogP contribution in [0.25, 0.3) is 11.4 Å². The van der Waals surface area contributed by atoms with Crippen LogP contribution in [0.2, 0.25) is 0 Å². The molecule has 0 spiro atoms. The SMILES string of the molecule is Cc1cc2c(O)n(C#Cc3ccc(F)cc3)cnc-2n1. The Morgan fingerprint density at radius 3 is 2.75 bits per heavy atom. The quantitative estimate of drug-likeness (QED) is 0.636. The average Bonchev–Trinajstić information content (AvgIpc) is 2.81. The normalized spacial score (nSPS) is 10.3. The first-order chi connectivity index (χ1) is 9.63. The molecule has 98 valence electrons. The lowest BCUT2D eigenvalue weighted by Crippen LogP contribution is -1.97. The Bertz CT molecular complexity index is 796. The molecule has 1 aromatic carbocycles. The van der Waals surface area contributed by atoms with E-state index in [0.29, 0.717) is 17.0 Å². The summed E-state index contributed by atoms with van der Waals surface area (Å²) in [5.41, 5.74) is 1.99. The number of nitrogens with zero attached hydrogens (tertiary/aromatic N) is 3. The minimum absolute atomic E-state index is 0.00906. The molecule has 0 bridgehead atoms. The van der Waals surface area contributed by atoms with Crippen LogP contribution in [0, 0.1) is 24.7 Å². The summed E-state index contributed by atoms with van der Waals surface area (Å²) in [6, 6.07) is 10.3. The molecule has 0 unspecified atom stereocenters. The van der Waals surface area contributed by atoms with Crippen molar-refractivity contribution in [1.29, 1.82) is 0 Å². The zero-order valence-electron chi connectivity index (χ0n) is 10.6. The number of aromatic hydroxyl groups is 1. The third kappa shape index (κ3) is 2.19. The van der Waals surface area contributed by atoms with Gasteiger partial charge in [0.25, 0.3) is 0 Å². The highest BCUT2D eigenvalue weighted by Crippen LogP contribution is 2.28.